The van der Waals surface area contributed by atoms with Crippen LogP contribution >= 0.6 is 15.9 Å². The fourth-order valence-electron chi connectivity index (χ4n) is 4.69. The van der Waals surface area contributed by atoms with Crippen LogP contribution in [0, 0.1) is 0 Å². The number of hydrogen-bond acceptors (Lipinski definition) is 6. The van der Waals surface area contributed by atoms with E-state index in [2.05, 4.69) is 40.2 Å². The maximum Gasteiger partial charge on any atom is 0.315 e. The second kappa shape index (κ2) is 13.5. The first-order valence-electron chi connectivity index (χ1n) is 13.6. The monoisotopic (exact) mass is 662 g/mol. The molecule has 43 heavy (non-hydrogen) atoms. The summed E-state index contributed by atoms with van der Waals surface area (Å²) in [6.07, 6.45) is 2.14. The largest absolute Gasteiger partial charge is 0.508 e. The molecule has 2 unspecified atom stereocenters. The van der Waals surface area contributed by atoms with Crippen LogP contribution in [0.4, 0.5) is 11.4 Å². The van der Waals surface area contributed by atoms with Crippen LogP contribution in [0.25, 0.3) is 6.08 Å². The molecule has 7 nitrogen and oxygen atoms in total. The molecule has 0 heterocycles. The normalized spacial score (nSPS) is 13.0. The number of hydrogen-bond donors (Lipinski definition) is 2. The molecule has 0 fully saturated rings. The van der Waals surface area contributed by atoms with Crippen LogP contribution in [-0.2, 0) is 21.1 Å². The molecule has 4 rings (SSSR count). The molecule has 224 valence electrons. The summed E-state index contributed by atoms with van der Waals surface area (Å²) in [4.78, 5) is 16.2. The first-order valence-corrected chi connectivity index (χ1v) is 16.1. The van der Waals surface area contributed by atoms with Crippen molar-refractivity contribution in [2.75, 3.05) is 38.0 Å². The van der Waals surface area contributed by atoms with Crippen molar-refractivity contribution in [2.24, 2.45) is 0 Å². The number of phenolic OH excluding ortho intramolecular Hbond substituents is 1. The lowest BCUT2D eigenvalue weighted by atomic mass is 9.89. The summed E-state index contributed by atoms with van der Waals surface area (Å²) in [7, 11) is 4.00. The summed E-state index contributed by atoms with van der Waals surface area (Å²) >= 11 is 3.34. The van der Waals surface area contributed by atoms with Crippen molar-refractivity contribution in [1.82, 2.24) is 0 Å². The number of carboxylic acids is 1. The van der Waals surface area contributed by atoms with Gasteiger partial charge < -0.3 is 20.0 Å². The van der Waals surface area contributed by atoms with E-state index in [-0.39, 0.29) is 11.3 Å². The zero-order chi connectivity index (χ0) is 31.3. The van der Waals surface area contributed by atoms with Crippen molar-refractivity contribution in [3.63, 3.8) is 0 Å². The highest BCUT2D eigenvalue weighted by atomic mass is 79.9. The summed E-state index contributed by atoms with van der Waals surface area (Å²) in [6, 6.07) is 27.2. The minimum absolute atomic E-state index is 0.173. The number of phenols is 1. The molecule has 0 saturated carbocycles. The Balaban J connectivity index is 1.51. The summed E-state index contributed by atoms with van der Waals surface area (Å²) in [5.74, 6) is -2.44. The molecule has 4 aromatic rings. The molecule has 2 atom stereocenters. The standard InChI is InChI=1S/C34H35BrN2O5S/c1-36(2)28-14-7-24(8-15-28)21-23-5-10-27(11-6-23)33(35)43(41,42)20-19-25-9-18-31(38)30(22-25)32(34(39)40)26-12-16-29(17-13-26)37(3)4/h5-20,22,32-33,38H,21H2,1-4H3,(H,39,40)/b20-19+. The van der Waals surface area contributed by atoms with Gasteiger partial charge in [0.2, 0.25) is 0 Å². The SMILES string of the molecule is CN(C)c1ccc(Cc2ccc(C(Br)S(=O)(=O)/C=C/c3ccc(O)c(C(C(=O)O)c4ccc(N(C)C)cc4)c3)cc2)cc1. The van der Waals surface area contributed by atoms with Crippen LogP contribution in [0.2, 0.25) is 0 Å². The van der Waals surface area contributed by atoms with Crippen molar-refractivity contribution < 1.29 is 23.4 Å². The Labute approximate surface area is 261 Å². The second-order valence-corrected chi connectivity index (χ2v) is 14.2. The van der Waals surface area contributed by atoms with Gasteiger partial charge in [0, 0.05) is 50.5 Å². The van der Waals surface area contributed by atoms with Gasteiger partial charge in [-0.15, -0.1) is 0 Å². The predicted molar refractivity (Wildman–Crippen MR) is 178 cm³/mol. The van der Waals surface area contributed by atoms with Crippen LogP contribution in [0.15, 0.2) is 96.4 Å². The summed E-state index contributed by atoms with van der Waals surface area (Å²) in [5.41, 5.74) is 5.97. The topological polar surface area (TPSA) is 98.2 Å². The van der Waals surface area contributed by atoms with E-state index in [1.807, 2.05) is 62.3 Å². The lowest BCUT2D eigenvalue weighted by molar-refractivity contribution is -0.137. The van der Waals surface area contributed by atoms with Crippen LogP contribution in [0.1, 0.15) is 43.5 Å². The van der Waals surface area contributed by atoms with Gasteiger partial charge in [-0.05, 0) is 76.7 Å². The number of alkyl halides is 1. The minimum atomic E-state index is -3.77. The zero-order valence-electron chi connectivity index (χ0n) is 24.5. The van der Waals surface area contributed by atoms with Crippen molar-refractivity contribution in [3.05, 3.63) is 130 Å². The first kappa shape index (κ1) is 31.8. The minimum Gasteiger partial charge on any atom is -0.508 e. The molecule has 0 spiro atoms. The molecule has 4 aromatic carbocycles. The number of benzene rings is 4. The van der Waals surface area contributed by atoms with E-state index < -0.39 is 25.9 Å². The van der Waals surface area contributed by atoms with E-state index in [0.717, 1.165) is 34.3 Å². The summed E-state index contributed by atoms with van der Waals surface area (Å²) in [5, 5.41) is 21.7. The van der Waals surface area contributed by atoms with E-state index in [9.17, 15) is 23.4 Å². The quantitative estimate of drug-likeness (QED) is 0.170. The maximum absolute atomic E-state index is 13.2. The van der Waals surface area contributed by atoms with Crippen LogP contribution in [0.5, 0.6) is 5.75 Å². The number of rotatable bonds is 11. The van der Waals surface area contributed by atoms with Gasteiger partial charge in [0.15, 0.2) is 9.84 Å². The summed E-state index contributed by atoms with van der Waals surface area (Å²) in [6.45, 7) is 0. The Hall–Kier alpha value is -4.08. The van der Waals surface area contributed by atoms with E-state index in [0.29, 0.717) is 16.7 Å². The Kier molecular flexibility index (Phi) is 9.98. The number of aliphatic carboxylic acids is 1. The van der Waals surface area contributed by atoms with Crippen molar-refractivity contribution in [2.45, 2.75) is 16.5 Å². The maximum atomic E-state index is 13.2. The number of aromatic hydroxyl groups is 1. The fourth-order valence-corrected chi connectivity index (χ4v) is 6.39. The van der Waals surface area contributed by atoms with Crippen molar-refractivity contribution in [1.29, 1.82) is 0 Å². The molecule has 2 N–H and O–H groups in total. The third-order valence-electron chi connectivity index (χ3n) is 7.19. The smallest absolute Gasteiger partial charge is 0.315 e. The Morgan fingerprint density at radius 3 is 1.79 bits per heavy atom. The fraction of sp³-hybridized carbons (Fsp3) is 0.206. The molecular formula is C34H35BrN2O5S. The van der Waals surface area contributed by atoms with Crippen molar-refractivity contribution >= 4 is 49.2 Å². The number of anilines is 2. The average molecular weight is 664 g/mol. The number of carboxylic acid groups (broad SMARTS) is 1. The molecule has 0 radical (unpaired) electrons. The Morgan fingerprint density at radius 2 is 1.28 bits per heavy atom. The second-order valence-electron chi connectivity index (χ2n) is 10.8. The molecular weight excluding hydrogens is 628 g/mol. The van der Waals surface area contributed by atoms with Gasteiger partial charge in [-0.3, -0.25) is 4.79 Å². The van der Waals surface area contributed by atoms with Gasteiger partial charge in [0.1, 0.15) is 15.8 Å². The third-order valence-corrected chi connectivity index (χ3v) is 10.7. The molecule has 0 aromatic heterocycles. The highest BCUT2D eigenvalue weighted by Crippen LogP contribution is 2.35. The van der Waals surface area contributed by atoms with E-state index >= 15 is 0 Å². The van der Waals surface area contributed by atoms with E-state index in [1.165, 1.54) is 18.2 Å². The van der Waals surface area contributed by atoms with E-state index in [1.54, 1.807) is 30.3 Å². The van der Waals surface area contributed by atoms with Gasteiger partial charge in [-0.2, -0.15) is 0 Å². The number of halogens is 1. The van der Waals surface area contributed by atoms with Crippen LogP contribution in [0.3, 0.4) is 0 Å². The molecule has 0 aliphatic rings. The molecule has 0 bridgehead atoms. The lowest BCUT2D eigenvalue weighted by Gasteiger charge is -2.18. The van der Waals surface area contributed by atoms with Gasteiger partial charge in [-0.25, -0.2) is 8.42 Å². The van der Waals surface area contributed by atoms with E-state index in [4.69, 9.17) is 0 Å². The van der Waals surface area contributed by atoms with Crippen molar-refractivity contribution in [3.8, 4) is 5.75 Å². The average Bonchev–Trinajstić information content (AvgIpc) is 2.98. The lowest BCUT2D eigenvalue weighted by Crippen LogP contribution is -2.14. The third kappa shape index (κ3) is 7.86. The number of carbonyl (C=O) groups is 1. The molecule has 0 saturated heterocycles. The highest BCUT2D eigenvalue weighted by molar-refractivity contribution is 9.10. The molecule has 0 amide bonds. The van der Waals surface area contributed by atoms with Gasteiger partial charge in [-0.1, -0.05) is 70.5 Å². The van der Waals surface area contributed by atoms with Gasteiger partial charge in [0.25, 0.3) is 0 Å². The Morgan fingerprint density at radius 1 is 0.791 bits per heavy atom. The number of sulfone groups is 1. The molecule has 0 aliphatic heterocycles. The zero-order valence-corrected chi connectivity index (χ0v) is 26.9. The predicted octanol–water partition coefficient (Wildman–Crippen LogP) is 6.81. The van der Waals surface area contributed by atoms with Gasteiger partial charge >= 0.3 is 5.97 Å². The Bertz CT molecular complexity index is 1700. The van der Waals surface area contributed by atoms with Gasteiger partial charge in [0.05, 0.1) is 0 Å². The highest BCUT2D eigenvalue weighted by Gasteiger charge is 2.26. The first-order chi connectivity index (χ1) is 20.4. The number of nitrogens with zero attached hydrogens (tertiary/aromatic N) is 2. The van der Waals surface area contributed by atoms with Crippen LogP contribution < -0.4 is 9.80 Å². The molecule has 9 heteroatoms. The molecule has 0 aliphatic carbocycles. The van der Waals surface area contributed by atoms with Crippen LogP contribution in [-0.4, -0.2) is 52.8 Å². The summed E-state index contributed by atoms with van der Waals surface area (Å²) < 4.78 is 25.4.